The van der Waals surface area contributed by atoms with Crippen molar-refractivity contribution < 1.29 is 14.3 Å². The largest absolute Gasteiger partial charge is 0.484 e. The van der Waals surface area contributed by atoms with Gasteiger partial charge in [-0.3, -0.25) is 9.59 Å². The summed E-state index contributed by atoms with van der Waals surface area (Å²) in [6.45, 7) is 5.89. The molecule has 2 rings (SSSR count). The molecule has 27 heavy (non-hydrogen) atoms. The average Bonchev–Trinajstić information content (AvgIpc) is 2.66. The fraction of sp³-hybridized carbons (Fsp3) is 0.333. The minimum absolute atomic E-state index is 0.131. The van der Waals surface area contributed by atoms with Crippen molar-refractivity contribution in [3.05, 3.63) is 63.6 Å². The second-order valence-corrected chi connectivity index (χ2v) is 7.29. The van der Waals surface area contributed by atoms with Crippen LogP contribution in [0, 0.1) is 13.8 Å². The summed E-state index contributed by atoms with van der Waals surface area (Å²) >= 11 is 3.44. The van der Waals surface area contributed by atoms with Gasteiger partial charge in [0.15, 0.2) is 6.61 Å². The van der Waals surface area contributed by atoms with Gasteiger partial charge in [0.1, 0.15) is 11.8 Å². The highest BCUT2D eigenvalue weighted by Crippen LogP contribution is 2.22. The highest BCUT2D eigenvalue weighted by atomic mass is 79.9. The van der Waals surface area contributed by atoms with E-state index in [-0.39, 0.29) is 18.4 Å². The normalized spacial score (nSPS) is 11.6. The van der Waals surface area contributed by atoms with Crippen molar-refractivity contribution in [2.24, 2.45) is 0 Å². The first-order chi connectivity index (χ1) is 12.8. The molecule has 1 N–H and O–H groups in total. The van der Waals surface area contributed by atoms with Crippen molar-refractivity contribution >= 4 is 27.7 Å². The van der Waals surface area contributed by atoms with E-state index in [4.69, 9.17) is 4.74 Å². The van der Waals surface area contributed by atoms with Crippen LogP contribution in [0.3, 0.4) is 0 Å². The number of carbonyl (C=O) groups is 2. The molecule has 0 aliphatic carbocycles. The van der Waals surface area contributed by atoms with Crippen molar-refractivity contribution in [3.63, 3.8) is 0 Å². The van der Waals surface area contributed by atoms with Crippen molar-refractivity contribution in [2.75, 3.05) is 13.7 Å². The molecule has 6 heteroatoms. The fourth-order valence-electron chi connectivity index (χ4n) is 2.70. The molecule has 0 heterocycles. The van der Waals surface area contributed by atoms with Gasteiger partial charge in [0.2, 0.25) is 5.91 Å². The van der Waals surface area contributed by atoms with Gasteiger partial charge in [-0.15, -0.1) is 0 Å². The Kier molecular flexibility index (Phi) is 7.42. The van der Waals surface area contributed by atoms with Gasteiger partial charge in [0.05, 0.1) is 0 Å². The number of hydrogen-bond acceptors (Lipinski definition) is 3. The van der Waals surface area contributed by atoms with Crippen LogP contribution in [0.25, 0.3) is 0 Å². The van der Waals surface area contributed by atoms with Crippen LogP contribution in [0.5, 0.6) is 5.75 Å². The Hall–Kier alpha value is -2.34. The molecule has 0 aliphatic heterocycles. The van der Waals surface area contributed by atoms with Gasteiger partial charge < -0.3 is 15.0 Å². The number of ether oxygens (including phenoxy) is 1. The van der Waals surface area contributed by atoms with Crippen molar-refractivity contribution in [3.8, 4) is 5.75 Å². The topological polar surface area (TPSA) is 58.6 Å². The Morgan fingerprint density at radius 2 is 1.85 bits per heavy atom. The van der Waals surface area contributed by atoms with E-state index in [2.05, 4.69) is 21.2 Å². The molecule has 0 bridgehead atoms. The summed E-state index contributed by atoms with van der Waals surface area (Å²) in [6.07, 6.45) is 0. The first kappa shape index (κ1) is 21.0. The minimum Gasteiger partial charge on any atom is -0.484 e. The zero-order chi connectivity index (χ0) is 20.0. The fourth-order valence-corrected chi connectivity index (χ4v) is 2.94. The first-order valence-electron chi connectivity index (χ1n) is 8.78. The molecule has 2 aromatic rings. The highest BCUT2D eigenvalue weighted by molar-refractivity contribution is 9.10. The van der Waals surface area contributed by atoms with Gasteiger partial charge in [-0.2, -0.15) is 0 Å². The average molecular weight is 433 g/mol. The van der Waals surface area contributed by atoms with E-state index >= 15 is 0 Å². The summed E-state index contributed by atoms with van der Waals surface area (Å²) in [5, 5.41) is 2.61. The molecule has 0 saturated heterocycles. The smallest absolute Gasteiger partial charge is 0.261 e. The van der Waals surface area contributed by atoms with Gasteiger partial charge in [0.25, 0.3) is 5.91 Å². The standard InChI is InChI=1S/C21H25BrN2O3/c1-14-7-5-6-8-17(14)12-24(16(3)21(26)23-4)20(25)13-27-18-9-10-19(22)15(2)11-18/h5-11,16H,12-13H2,1-4H3,(H,23,26)/t16-/m1/s1. The van der Waals surface area contributed by atoms with Crippen LogP contribution in [-0.2, 0) is 16.1 Å². The number of halogens is 1. The van der Waals surface area contributed by atoms with E-state index < -0.39 is 6.04 Å². The lowest BCUT2D eigenvalue weighted by molar-refractivity contribution is -0.142. The van der Waals surface area contributed by atoms with E-state index in [9.17, 15) is 9.59 Å². The van der Waals surface area contributed by atoms with Crippen molar-refractivity contribution in [1.29, 1.82) is 0 Å². The number of nitrogens with zero attached hydrogens (tertiary/aromatic N) is 1. The maximum absolute atomic E-state index is 12.9. The third kappa shape index (κ3) is 5.57. The Labute approximate surface area is 168 Å². The molecule has 1 atom stereocenters. The molecule has 2 amide bonds. The van der Waals surface area contributed by atoms with Crippen LogP contribution in [0.1, 0.15) is 23.6 Å². The predicted molar refractivity (Wildman–Crippen MR) is 110 cm³/mol. The van der Waals surface area contributed by atoms with Crippen LogP contribution in [0.4, 0.5) is 0 Å². The summed E-state index contributed by atoms with van der Waals surface area (Å²) in [4.78, 5) is 26.5. The van der Waals surface area contributed by atoms with Crippen LogP contribution in [-0.4, -0.2) is 36.4 Å². The first-order valence-corrected chi connectivity index (χ1v) is 9.57. The summed E-state index contributed by atoms with van der Waals surface area (Å²) in [6, 6.07) is 12.8. The maximum Gasteiger partial charge on any atom is 0.261 e. The van der Waals surface area contributed by atoms with Gasteiger partial charge in [-0.25, -0.2) is 0 Å². The van der Waals surface area contributed by atoms with Gasteiger partial charge in [-0.1, -0.05) is 40.2 Å². The van der Waals surface area contributed by atoms with E-state index in [1.54, 1.807) is 24.9 Å². The van der Waals surface area contributed by atoms with Crippen LogP contribution >= 0.6 is 15.9 Å². The van der Waals surface area contributed by atoms with Gasteiger partial charge >= 0.3 is 0 Å². The zero-order valence-electron chi connectivity index (χ0n) is 16.1. The van der Waals surface area contributed by atoms with E-state index in [1.165, 1.54) is 0 Å². The monoisotopic (exact) mass is 432 g/mol. The SMILES string of the molecule is CNC(=O)[C@@H](C)N(Cc1ccccc1C)C(=O)COc1ccc(Br)c(C)c1. The van der Waals surface area contributed by atoms with E-state index in [0.717, 1.165) is 21.2 Å². The van der Waals surface area contributed by atoms with Crippen LogP contribution in [0.2, 0.25) is 0 Å². The number of likely N-dealkylation sites (N-methyl/N-ethyl adjacent to an activating group) is 1. The Balaban J connectivity index is 2.16. The van der Waals surface area contributed by atoms with Gasteiger partial charge in [0, 0.05) is 18.1 Å². The second kappa shape index (κ2) is 9.55. The molecule has 144 valence electrons. The highest BCUT2D eigenvalue weighted by Gasteiger charge is 2.26. The lowest BCUT2D eigenvalue weighted by Gasteiger charge is -2.28. The van der Waals surface area contributed by atoms with E-state index in [1.807, 2.05) is 50.2 Å². The predicted octanol–water partition coefficient (Wildman–Crippen LogP) is 3.61. The number of nitrogens with one attached hydrogen (secondary N) is 1. The minimum atomic E-state index is -0.600. The molecule has 0 aromatic heterocycles. The molecule has 0 aliphatic rings. The number of rotatable bonds is 7. The van der Waals surface area contributed by atoms with E-state index in [0.29, 0.717) is 12.3 Å². The number of carbonyl (C=O) groups excluding carboxylic acids is 2. The van der Waals surface area contributed by atoms with Crippen LogP contribution < -0.4 is 10.1 Å². The Morgan fingerprint density at radius 1 is 1.15 bits per heavy atom. The summed E-state index contributed by atoms with van der Waals surface area (Å²) < 4.78 is 6.65. The maximum atomic E-state index is 12.9. The zero-order valence-corrected chi connectivity index (χ0v) is 17.7. The molecule has 0 spiro atoms. The third-order valence-corrected chi connectivity index (χ3v) is 5.40. The number of hydrogen-bond donors (Lipinski definition) is 1. The lowest BCUT2D eigenvalue weighted by Crippen LogP contribution is -2.48. The third-order valence-electron chi connectivity index (χ3n) is 4.51. The number of aryl methyl sites for hydroxylation is 2. The number of amides is 2. The van der Waals surface area contributed by atoms with Crippen molar-refractivity contribution in [2.45, 2.75) is 33.4 Å². The van der Waals surface area contributed by atoms with Gasteiger partial charge in [-0.05, 0) is 55.7 Å². The quantitative estimate of drug-likeness (QED) is 0.726. The van der Waals surface area contributed by atoms with Crippen LogP contribution in [0.15, 0.2) is 46.9 Å². The Morgan fingerprint density at radius 3 is 2.48 bits per heavy atom. The lowest BCUT2D eigenvalue weighted by atomic mass is 10.1. The number of benzene rings is 2. The molecule has 0 radical (unpaired) electrons. The Bertz CT molecular complexity index is 823. The molecular weight excluding hydrogens is 408 g/mol. The molecule has 0 saturated carbocycles. The van der Waals surface area contributed by atoms with Crippen molar-refractivity contribution in [1.82, 2.24) is 10.2 Å². The molecule has 5 nitrogen and oxygen atoms in total. The molecule has 0 fully saturated rings. The summed E-state index contributed by atoms with van der Waals surface area (Å²) in [5.74, 6) is 0.166. The molecular formula is C21H25BrN2O3. The molecule has 2 aromatic carbocycles. The second-order valence-electron chi connectivity index (χ2n) is 6.44. The molecule has 0 unspecified atom stereocenters. The summed E-state index contributed by atoms with van der Waals surface area (Å²) in [5.41, 5.74) is 3.10. The summed E-state index contributed by atoms with van der Waals surface area (Å²) in [7, 11) is 1.57.